The molecular weight excluding hydrogens is 504 g/mol. The molecule has 11 heteroatoms. The number of hydrogen-bond acceptors (Lipinski definition) is 8. The van der Waals surface area contributed by atoms with E-state index < -0.39 is 33.9 Å². The smallest absolute Gasteiger partial charge is 0.328 e. The Morgan fingerprint density at radius 1 is 1.06 bits per heavy atom. The molecule has 0 unspecified atom stereocenters. The Morgan fingerprint density at radius 3 is 2.42 bits per heavy atom. The molecule has 1 aliphatic heterocycles. The highest BCUT2D eigenvalue weighted by atomic mass is 32.2. The maximum absolute atomic E-state index is 13.3. The molecule has 0 aliphatic carbocycles. The topological polar surface area (TPSA) is 119 Å². The molecular formula is C25H30N2O7S2. The van der Waals surface area contributed by atoms with Gasteiger partial charge in [-0.05, 0) is 57.5 Å². The lowest BCUT2D eigenvalue weighted by molar-refractivity contribution is -0.146. The number of ether oxygens (including phenoxy) is 2. The lowest BCUT2D eigenvalue weighted by Crippen LogP contribution is -2.42. The molecule has 3 rings (SSSR count). The van der Waals surface area contributed by atoms with Gasteiger partial charge in [-0.1, -0.05) is 17.7 Å². The molecule has 1 N–H and O–H groups in total. The fourth-order valence-electron chi connectivity index (χ4n) is 3.65. The third kappa shape index (κ3) is 6.58. The summed E-state index contributed by atoms with van der Waals surface area (Å²) in [6.45, 7) is 5.88. The Morgan fingerprint density at radius 2 is 1.75 bits per heavy atom. The van der Waals surface area contributed by atoms with Gasteiger partial charge in [-0.25, -0.2) is 13.2 Å². The number of carbonyl (C=O) groups excluding carboxylic acids is 3. The summed E-state index contributed by atoms with van der Waals surface area (Å²) in [5.41, 5.74) is 1.72. The van der Waals surface area contributed by atoms with E-state index >= 15 is 0 Å². The van der Waals surface area contributed by atoms with Gasteiger partial charge in [-0.2, -0.15) is 0 Å². The van der Waals surface area contributed by atoms with Crippen LogP contribution in [0.2, 0.25) is 0 Å². The molecule has 0 saturated carbocycles. The molecule has 0 spiro atoms. The van der Waals surface area contributed by atoms with Crippen molar-refractivity contribution >= 4 is 45.3 Å². The van der Waals surface area contributed by atoms with E-state index in [1.165, 1.54) is 22.1 Å². The number of benzene rings is 2. The van der Waals surface area contributed by atoms with Crippen LogP contribution in [0.1, 0.15) is 42.6 Å². The number of amides is 1. The van der Waals surface area contributed by atoms with Crippen LogP contribution >= 0.6 is 11.8 Å². The van der Waals surface area contributed by atoms with Gasteiger partial charge >= 0.3 is 11.9 Å². The zero-order valence-electron chi connectivity index (χ0n) is 20.5. The first-order chi connectivity index (χ1) is 17.2. The van der Waals surface area contributed by atoms with Crippen molar-refractivity contribution in [2.75, 3.05) is 29.8 Å². The standard InChI is InChI=1S/C25H30N2O7S2/c1-4-33-23(28)13-11-20(25(30)34-5-2)26-24(29)18-8-12-21-22(16-18)35-15-14-27(21)36(31,32)19-9-6-17(3)7-10-19/h6-10,12,16,20H,4-5,11,13-15H2,1-3H3,(H,26,29)/t20-/m0/s1. The second kappa shape index (κ2) is 12.3. The first kappa shape index (κ1) is 27.5. The Bertz CT molecular complexity index is 1210. The highest BCUT2D eigenvalue weighted by Gasteiger charge is 2.30. The maximum Gasteiger partial charge on any atom is 0.328 e. The number of sulfonamides is 1. The van der Waals surface area contributed by atoms with Crippen molar-refractivity contribution in [1.82, 2.24) is 5.32 Å². The predicted octanol–water partition coefficient (Wildman–Crippen LogP) is 3.30. The minimum atomic E-state index is -3.77. The summed E-state index contributed by atoms with van der Waals surface area (Å²) in [7, 11) is -3.77. The fraction of sp³-hybridized carbons (Fsp3) is 0.400. The van der Waals surface area contributed by atoms with Crippen LogP contribution in [0.3, 0.4) is 0 Å². The summed E-state index contributed by atoms with van der Waals surface area (Å²) in [4.78, 5) is 37.9. The molecule has 194 valence electrons. The molecule has 0 fully saturated rings. The van der Waals surface area contributed by atoms with Crippen molar-refractivity contribution < 1.29 is 32.3 Å². The summed E-state index contributed by atoms with van der Waals surface area (Å²) in [6, 6.07) is 10.4. The molecule has 9 nitrogen and oxygen atoms in total. The van der Waals surface area contributed by atoms with Gasteiger partial charge < -0.3 is 14.8 Å². The number of nitrogens with one attached hydrogen (secondary N) is 1. The van der Waals surface area contributed by atoms with E-state index in [-0.39, 0.29) is 36.5 Å². The molecule has 1 heterocycles. The van der Waals surface area contributed by atoms with Crippen molar-refractivity contribution in [2.45, 2.75) is 49.4 Å². The first-order valence-electron chi connectivity index (χ1n) is 11.7. The number of anilines is 1. The van der Waals surface area contributed by atoms with Gasteiger partial charge in [0.2, 0.25) is 0 Å². The number of fused-ring (bicyclic) bond motifs is 1. The molecule has 0 bridgehead atoms. The average molecular weight is 535 g/mol. The summed E-state index contributed by atoms with van der Waals surface area (Å²) in [5.74, 6) is -1.12. The highest BCUT2D eigenvalue weighted by molar-refractivity contribution is 8.00. The van der Waals surface area contributed by atoms with Crippen molar-refractivity contribution in [3.8, 4) is 0 Å². The van der Waals surface area contributed by atoms with Crippen LogP contribution in [0.15, 0.2) is 52.3 Å². The zero-order valence-corrected chi connectivity index (χ0v) is 22.1. The lowest BCUT2D eigenvalue weighted by Gasteiger charge is -2.30. The number of aryl methyl sites for hydroxylation is 1. The summed E-state index contributed by atoms with van der Waals surface area (Å²) in [6.07, 6.45) is -0.0187. The third-order valence-corrected chi connectivity index (χ3v) is 8.32. The van der Waals surface area contributed by atoms with E-state index in [4.69, 9.17) is 9.47 Å². The van der Waals surface area contributed by atoms with Gasteiger partial charge in [-0.3, -0.25) is 13.9 Å². The number of rotatable bonds is 10. The van der Waals surface area contributed by atoms with E-state index in [0.717, 1.165) is 5.56 Å². The minimum Gasteiger partial charge on any atom is -0.466 e. The van der Waals surface area contributed by atoms with Crippen LogP contribution in [0.4, 0.5) is 5.69 Å². The number of thioether (sulfide) groups is 1. The fourth-order valence-corrected chi connectivity index (χ4v) is 6.34. The Balaban J connectivity index is 1.80. The molecule has 0 aromatic heterocycles. The van der Waals surface area contributed by atoms with E-state index in [1.807, 2.05) is 6.92 Å². The van der Waals surface area contributed by atoms with Crippen molar-refractivity contribution in [3.05, 3.63) is 53.6 Å². The van der Waals surface area contributed by atoms with Crippen LogP contribution < -0.4 is 9.62 Å². The number of esters is 2. The lowest BCUT2D eigenvalue weighted by atomic mass is 10.1. The van der Waals surface area contributed by atoms with E-state index in [1.54, 1.807) is 50.2 Å². The monoisotopic (exact) mass is 534 g/mol. The first-order valence-corrected chi connectivity index (χ1v) is 14.1. The van der Waals surface area contributed by atoms with Gasteiger partial charge in [0, 0.05) is 29.2 Å². The third-order valence-electron chi connectivity index (χ3n) is 5.47. The van der Waals surface area contributed by atoms with Crippen molar-refractivity contribution in [1.29, 1.82) is 0 Å². The summed E-state index contributed by atoms with van der Waals surface area (Å²) in [5, 5.41) is 2.63. The van der Waals surface area contributed by atoms with E-state index in [2.05, 4.69) is 5.32 Å². The largest absolute Gasteiger partial charge is 0.466 e. The quantitative estimate of drug-likeness (QED) is 0.461. The van der Waals surface area contributed by atoms with Crippen LogP contribution in [-0.4, -0.2) is 57.8 Å². The van der Waals surface area contributed by atoms with Gasteiger partial charge in [0.15, 0.2) is 0 Å². The molecule has 36 heavy (non-hydrogen) atoms. The van der Waals surface area contributed by atoms with Crippen molar-refractivity contribution in [3.63, 3.8) is 0 Å². The molecule has 1 atom stereocenters. The number of carbonyl (C=O) groups is 3. The van der Waals surface area contributed by atoms with Crippen LogP contribution in [0.5, 0.6) is 0 Å². The van der Waals surface area contributed by atoms with Gasteiger partial charge in [0.05, 0.1) is 23.8 Å². The average Bonchev–Trinajstić information content (AvgIpc) is 2.86. The second-order valence-electron chi connectivity index (χ2n) is 8.04. The Labute approximate surface area is 215 Å². The molecule has 2 aromatic carbocycles. The highest BCUT2D eigenvalue weighted by Crippen LogP contribution is 2.38. The zero-order chi connectivity index (χ0) is 26.3. The number of nitrogens with zero attached hydrogens (tertiary/aromatic N) is 1. The summed E-state index contributed by atoms with van der Waals surface area (Å²) < 4.78 is 37.9. The van der Waals surface area contributed by atoms with Gasteiger partial charge in [0.1, 0.15) is 6.04 Å². The Hall–Kier alpha value is -3.05. The van der Waals surface area contributed by atoms with Crippen molar-refractivity contribution in [2.24, 2.45) is 0 Å². The molecule has 1 aliphatic rings. The summed E-state index contributed by atoms with van der Waals surface area (Å²) >= 11 is 1.45. The van der Waals surface area contributed by atoms with E-state index in [9.17, 15) is 22.8 Å². The van der Waals surface area contributed by atoms with Crippen LogP contribution in [0.25, 0.3) is 0 Å². The maximum atomic E-state index is 13.3. The molecule has 2 aromatic rings. The minimum absolute atomic E-state index is 0.0334. The number of hydrogen-bond donors (Lipinski definition) is 1. The van der Waals surface area contributed by atoms with E-state index in [0.29, 0.717) is 22.9 Å². The van der Waals surface area contributed by atoms with Crippen LogP contribution in [0, 0.1) is 6.92 Å². The second-order valence-corrected chi connectivity index (χ2v) is 11.0. The normalized spacial score (nSPS) is 13.9. The molecule has 0 radical (unpaired) electrons. The van der Waals surface area contributed by atoms with Gasteiger partial charge in [-0.15, -0.1) is 11.8 Å². The van der Waals surface area contributed by atoms with Crippen LogP contribution in [-0.2, 0) is 29.1 Å². The van der Waals surface area contributed by atoms with Gasteiger partial charge in [0.25, 0.3) is 15.9 Å². The predicted molar refractivity (Wildman–Crippen MR) is 137 cm³/mol. The SMILES string of the molecule is CCOC(=O)CC[C@H](NC(=O)c1ccc2c(c1)SCCN2S(=O)(=O)c1ccc(C)cc1)C(=O)OCC. The Kier molecular flexibility index (Phi) is 9.38. The molecule has 0 saturated heterocycles. The molecule has 1 amide bonds.